The maximum atomic E-state index is 12.9. The molecule has 3 rings (SSSR count). The number of nitrogens with one attached hydrogen (secondary N) is 1. The molecule has 2 aliphatic rings. The highest BCUT2D eigenvalue weighted by Gasteiger charge is 2.47. The normalized spacial score (nSPS) is 24.0. The fourth-order valence-electron chi connectivity index (χ4n) is 4.16. The van der Waals surface area contributed by atoms with E-state index in [1.54, 1.807) is 11.3 Å². The van der Waals surface area contributed by atoms with Crippen molar-refractivity contribution in [1.29, 1.82) is 0 Å². The molecule has 1 N–H and O–H groups in total. The molecule has 1 atom stereocenters. The third-order valence-electron chi connectivity index (χ3n) is 5.69. The molecule has 6 nitrogen and oxygen atoms in total. The lowest BCUT2D eigenvalue weighted by molar-refractivity contribution is -0.125. The number of hydrogen-bond donors (Lipinski definition) is 1. The van der Waals surface area contributed by atoms with Crippen LogP contribution in [0.4, 0.5) is 0 Å². The van der Waals surface area contributed by atoms with E-state index in [1.165, 1.54) is 12.8 Å². The molecule has 2 saturated heterocycles. The lowest BCUT2D eigenvalue weighted by Gasteiger charge is -2.37. The Kier molecular flexibility index (Phi) is 6.07. The van der Waals surface area contributed by atoms with Gasteiger partial charge in [0.15, 0.2) is 0 Å². The van der Waals surface area contributed by atoms with E-state index >= 15 is 0 Å². The average Bonchev–Trinajstić information content (AvgIpc) is 3.21. The largest absolute Gasteiger partial charge is 0.348 e. The Morgan fingerprint density at radius 3 is 2.64 bits per heavy atom. The van der Waals surface area contributed by atoms with Gasteiger partial charge in [0.1, 0.15) is 10.0 Å². The molecular formula is C18H31N5OS. The maximum absolute atomic E-state index is 12.9. The van der Waals surface area contributed by atoms with E-state index in [1.807, 2.05) is 0 Å². The van der Waals surface area contributed by atoms with Crippen LogP contribution in [0.3, 0.4) is 0 Å². The highest BCUT2D eigenvalue weighted by atomic mass is 32.1. The number of likely N-dealkylation sites (tertiary alicyclic amines) is 2. The zero-order chi connectivity index (χ0) is 17.9. The lowest BCUT2D eigenvalue weighted by atomic mass is 9.76. The quantitative estimate of drug-likeness (QED) is 0.834. The van der Waals surface area contributed by atoms with Crippen LogP contribution < -0.4 is 5.32 Å². The van der Waals surface area contributed by atoms with E-state index in [0.717, 1.165) is 55.5 Å². The summed E-state index contributed by atoms with van der Waals surface area (Å²) in [5.41, 5.74) is 0.335. The van der Waals surface area contributed by atoms with E-state index < -0.39 is 0 Å². The molecule has 0 saturated carbocycles. The first-order chi connectivity index (χ1) is 12.0. The summed E-state index contributed by atoms with van der Waals surface area (Å²) in [5.74, 6) is 0.164. The molecule has 0 bridgehead atoms. The molecule has 2 aliphatic heterocycles. The van der Waals surface area contributed by atoms with Crippen LogP contribution in [0, 0.1) is 5.41 Å². The fourth-order valence-corrected chi connectivity index (χ4v) is 4.89. The Morgan fingerprint density at radius 1 is 1.28 bits per heavy atom. The number of carbonyl (C=O) groups is 1. The lowest BCUT2D eigenvalue weighted by Crippen LogP contribution is -2.43. The highest BCUT2D eigenvalue weighted by molar-refractivity contribution is 7.11. The van der Waals surface area contributed by atoms with Crippen LogP contribution in [0.25, 0.3) is 0 Å². The first kappa shape index (κ1) is 18.7. The van der Waals surface area contributed by atoms with Crippen molar-refractivity contribution in [3.8, 4) is 0 Å². The first-order valence-electron chi connectivity index (χ1n) is 9.57. The summed E-state index contributed by atoms with van der Waals surface area (Å²) in [4.78, 5) is 17.7. The molecule has 2 fully saturated rings. The second kappa shape index (κ2) is 8.10. The molecule has 140 valence electrons. The average molecular weight is 366 g/mol. The maximum Gasteiger partial charge on any atom is 0.237 e. The van der Waals surface area contributed by atoms with Gasteiger partial charge in [-0.1, -0.05) is 25.2 Å². The second-order valence-electron chi connectivity index (χ2n) is 7.65. The van der Waals surface area contributed by atoms with Crippen molar-refractivity contribution >= 4 is 17.2 Å². The van der Waals surface area contributed by atoms with Crippen molar-refractivity contribution in [2.75, 3.05) is 33.2 Å². The van der Waals surface area contributed by atoms with Crippen molar-refractivity contribution in [1.82, 2.24) is 25.3 Å². The van der Waals surface area contributed by atoms with Crippen LogP contribution in [0.1, 0.15) is 49.5 Å². The van der Waals surface area contributed by atoms with Crippen molar-refractivity contribution in [3.63, 3.8) is 0 Å². The molecule has 1 aromatic heterocycles. The fraction of sp³-hybridized carbons (Fsp3) is 0.833. The summed E-state index contributed by atoms with van der Waals surface area (Å²) in [6.45, 7) is 9.16. The molecule has 0 aromatic carbocycles. The van der Waals surface area contributed by atoms with Crippen LogP contribution in [-0.4, -0.2) is 65.2 Å². The van der Waals surface area contributed by atoms with Gasteiger partial charge in [-0.05, 0) is 64.2 Å². The standard InChI is InChI=1S/C18H31N5OS/c1-4-8-23-13-18(6-9-22(3)10-7-18)11-14(23)17(24)19-12-16-21-20-15(5-2)25-16/h14H,4-13H2,1-3H3,(H,19,24)/t14-/m0/s1. The van der Waals surface area contributed by atoms with Crippen LogP contribution in [-0.2, 0) is 17.8 Å². The zero-order valence-electron chi connectivity index (χ0n) is 15.8. The van der Waals surface area contributed by atoms with Gasteiger partial charge in [-0.3, -0.25) is 9.69 Å². The van der Waals surface area contributed by atoms with E-state index in [9.17, 15) is 4.79 Å². The van der Waals surface area contributed by atoms with Gasteiger partial charge in [0.05, 0.1) is 12.6 Å². The van der Waals surface area contributed by atoms with Gasteiger partial charge >= 0.3 is 0 Å². The highest BCUT2D eigenvalue weighted by Crippen LogP contribution is 2.43. The van der Waals surface area contributed by atoms with Gasteiger partial charge in [-0.25, -0.2) is 0 Å². The minimum atomic E-state index is 0.0157. The van der Waals surface area contributed by atoms with Gasteiger partial charge in [0.25, 0.3) is 0 Å². The molecule has 1 aromatic rings. The van der Waals surface area contributed by atoms with Gasteiger partial charge in [0.2, 0.25) is 5.91 Å². The van der Waals surface area contributed by atoms with Crippen LogP contribution in [0.15, 0.2) is 0 Å². The Balaban J connectivity index is 1.60. The van der Waals surface area contributed by atoms with E-state index in [-0.39, 0.29) is 11.9 Å². The van der Waals surface area contributed by atoms with Crippen LogP contribution in [0.2, 0.25) is 0 Å². The summed E-state index contributed by atoms with van der Waals surface area (Å²) < 4.78 is 0. The van der Waals surface area contributed by atoms with Crippen molar-refractivity contribution in [3.05, 3.63) is 10.0 Å². The number of rotatable bonds is 6. The molecule has 1 amide bonds. The SMILES string of the molecule is CCCN1CC2(CCN(C)CC2)C[C@H]1C(=O)NCc1nnc(CC)s1. The summed E-state index contributed by atoms with van der Waals surface area (Å²) >= 11 is 1.59. The summed E-state index contributed by atoms with van der Waals surface area (Å²) in [7, 11) is 2.20. The van der Waals surface area contributed by atoms with Gasteiger partial charge in [0, 0.05) is 6.54 Å². The number of nitrogens with zero attached hydrogens (tertiary/aromatic N) is 4. The van der Waals surface area contributed by atoms with E-state index in [0.29, 0.717) is 12.0 Å². The molecule has 0 aliphatic carbocycles. The first-order valence-corrected chi connectivity index (χ1v) is 10.4. The zero-order valence-corrected chi connectivity index (χ0v) is 16.6. The second-order valence-corrected chi connectivity index (χ2v) is 8.80. The Morgan fingerprint density at radius 2 is 2.00 bits per heavy atom. The molecule has 1 spiro atoms. The number of piperidine rings is 1. The number of aryl methyl sites for hydroxylation is 1. The number of amides is 1. The van der Waals surface area contributed by atoms with Gasteiger partial charge in [-0.15, -0.1) is 10.2 Å². The Hall–Kier alpha value is -1.05. The summed E-state index contributed by atoms with van der Waals surface area (Å²) in [6, 6.07) is 0.0157. The number of carbonyl (C=O) groups excluding carboxylic acids is 1. The third kappa shape index (κ3) is 4.38. The van der Waals surface area contributed by atoms with Crippen LogP contribution >= 0.6 is 11.3 Å². The molecule has 0 radical (unpaired) electrons. The molecule has 3 heterocycles. The molecule has 25 heavy (non-hydrogen) atoms. The van der Waals surface area contributed by atoms with E-state index in [4.69, 9.17) is 0 Å². The monoisotopic (exact) mass is 365 g/mol. The number of aromatic nitrogens is 2. The smallest absolute Gasteiger partial charge is 0.237 e. The predicted molar refractivity (Wildman–Crippen MR) is 101 cm³/mol. The van der Waals surface area contributed by atoms with Gasteiger partial charge < -0.3 is 10.2 Å². The van der Waals surface area contributed by atoms with Crippen molar-refractivity contribution in [2.45, 2.75) is 58.5 Å². The molecule has 0 unspecified atom stereocenters. The summed E-state index contributed by atoms with van der Waals surface area (Å²) in [6.07, 6.45) is 5.42. The Labute approximate surface area is 155 Å². The van der Waals surface area contributed by atoms with E-state index in [2.05, 4.69) is 46.2 Å². The number of hydrogen-bond acceptors (Lipinski definition) is 6. The minimum absolute atomic E-state index is 0.0157. The predicted octanol–water partition coefficient (Wildman–Crippen LogP) is 1.91. The molecule has 7 heteroatoms. The van der Waals surface area contributed by atoms with Crippen LogP contribution in [0.5, 0.6) is 0 Å². The van der Waals surface area contributed by atoms with Gasteiger partial charge in [-0.2, -0.15) is 0 Å². The summed E-state index contributed by atoms with van der Waals surface area (Å²) in [5, 5.41) is 13.3. The Bertz CT molecular complexity index is 582. The topological polar surface area (TPSA) is 61.4 Å². The molecular weight excluding hydrogens is 334 g/mol. The van der Waals surface area contributed by atoms with Crippen molar-refractivity contribution < 1.29 is 4.79 Å². The minimum Gasteiger partial charge on any atom is -0.348 e. The third-order valence-corrected chi connectivity index (χ3v) is 6.76. The van der Waals surface area contributed by atoms with Crippen molar-refractivity contribution in [2.24, 2.45) is 5.41 Å².